The van der Waals surface area contributed by atoms with Crippen molar-refractivity contribution in [3.63, 3.8) is 0 Å². The van der Waals surface area contributed by atoms with Gasteiger partial charge in [0.05, 0.1) is 10.9 Å². The molecule has 0 radical (unpaired) electrons. The molecule has 3 aromatic carbocycles. The van der Waals surface area contributed by atoms with Crippen LogP contribution in [0.25, 0.3) is 32.8 Å². The highest BCUT2D eigenvalue weighted by atomic mass is 16.5. The van der Waals surface area contributed by atoms with Crippen LogP contribution in [0, 0.1) is 12.8 Å². The van der Waals surface area contributed by atoms with Crippen LogP contribution in [-0.2, 0) is 13.5 Å². The van der Waals surface area contributed by atoms with Gasteiger partial charge in [-0.1, -0.05) is 56.0 Å². The molecule has 0 atom stereocenters. The SMILES string of the molecule is Cc1c2c(cc3ccccc13)Oc1cc(CC3CCCC3)cc3cc[n+](C)c-2c13. The minimum absolute atomic E-state index is 0.834. The first-order valence-corrected chi connectivity index (χ1v) is 10.8. The summed E-state index contributed by atoms with van der Waals surface area (Å²) in [5.41, 5.74) is 5.21. The van der Waals surface area contributed by atoms with Crippen molar-refractivity contribution < 1.29 is 9.30 Å². The highest BCUT2D eigenvalue weighted by molar-refractivity contribution is 6.05. The molecule has 1 aliphatic heterocycles. The summed E-state index contributed by atoms with van der Waals surface area (Å²) < 4.78 is 8.84. The molecule has 1 saturated carbocycles. The van der Waals surface area contributed by atoms with Crippen LogP contribution in [0.4, 0.5) is 0 Å². The lowest BCUT2D eigenvalue weighted by Gasteiger charge is -2.23. The molecule has 1 fully saturated rings. The van der Waals surface area contributed by atoms with Gasteiger partial charge in [-0.3, -0.25) is 0 Å². The van der Waals surface area contributed by atoms with Crippen molar-refractivity contribution in [2.24, 2.45) is 13.0 Å². The van der Waals surface area contributed by atoms with Gasteiger partial charge >= 0.3 is 0 Å². The van der Waals surface area contributed by atoms with Crippen LogP contribution >= 0.6 is 0 Å². The zero-order valence-electron chi connectivity index (χ0n) is 17.2. The molecule has 6 rings (SSSR count). The van der Waals surface area contributed by atoms with E-state index in [2.05, 4.69) is 73.3 Å². The van der Waals surface area contributed by atoms with E-state index in [1.807, 2.05) is 0 Å². The largest absolute Gasteiger partial charge is 0.456 e. The summed E-state index contributed by atoms with van der Waals surface area (Å²) in [6, 6.07) is 17.8. The van der Waals surface area contributed by atoms with Crippen LogP contribution in [-0.4, -0.2) is 0 Å². The quantitative estimate of drug-likeness (QED) is 0.313. The fraction of sp³-hybridized carbons (Fsp3) is 0.296. The molecule has 0 spiro atoms. The topological polar surface area (TPSA) is 13.1 Å². The first-order chi connectivity index (χ1) is 14.2. The van der Waals surface area contributed by atoms with Gasteiger partial charge in [-0.15, -0.1) is 0 Å². The predicted molar refractivity (Wildman–Crippen MR) is 119 cm³/mol. The summed E-state index contributed by atoms with van der Waals surface area (Å²) in [5, 5.41) is 5.08. The Morgan fingerprint density at radius 3 is 2.66 bits per heavy atom. The third-order valence-electron chi connectivity index (χ3n) is 6.99. The monoisotopic (exact) mass is 380 g/mol. The molecule has 4 aromatic rings. The Kier molecular flexibility index (Phi) is 3.71. The summed E-state index contributed by atoms with van der Waals surface area (Å²) in [7, 11) is 2.15. The number of hydrogen-bond donors (Lipinski definition) is 0. The third-order valence-corrected chi connectivity index (χ3v) is 6.99. The smallest absolute Gasteiger partial charge is 0.228 e. The van der Waals surface area contributed by atoms with Gasteiger partial charge in [0, 0.05) is 6.07 Å². The van der Waals surface area contributed by atoms with E-state index in [1.165, 1.54) is 76.0 Å². The molecular formula is C27H26NO+. The number of aryl methyl sites for hydroxylation is 2. The van der Waals surface area contributed by atoms with Crippen molar-refractivity contribution in [3.8, 4) is 22.8 Å². The number of hydrogen-bond acceptors (Lipinski definition) is 1. The van der Waals surface area contributed by atoms with E-state index in [0.717, 1.165) is 17.4 Å². The second-order valence-electron chi connectivity index (χ2n) is 8.89. The maximum absolute atomic E-state index is 6.59. The Labute approximate surface area is 171 Å². The van der Waals surface area contributed by atoms with E-state index >= 15 is 0 Å². The van der Waals surface area contributed by atoms with Crippen molar-refractivity contribution in [2.45, 2.75) is 39.0 Å². The molecule has 29 heavy (non-hydrogen) atoms. The molecule has 2 aliphatic rings. The Bertz CT molecular complexity index is 1280. The number of benzene rings is 3. The van der Waals surface area contributed by atoms with Gasteiger partial charge < -0.3 is 4.74 Å². The number of aromatic nitrogens is 1. The molecular weight excluding hydrogens is 354 g/mol. The summed E-state index contributed by atoms with van der Waals surface area (Å²) in [6.45, 7) is 2.23. The number of fused-ring (bicyclic) bond motifs is 3. The first-order valence-electron chi connectivity index (χ1n) is 10.8. The Balaban J connectivity index is 1.61. The summed E-state index contributed by atoms with van der Waals surface area (Å²) >= 11 is 0. The van der Waals surface area contributed by atoms with E-state index in [0.29, 0.717) is 0 Å². The molecule has 1 aliphatic carbocycles. The molecule has 1 aromatic heterocycles. The van der Waals surface area contributed by atoms with Crippen LogP contribution in [0.2, 0.25) is 0 Å². The van der Waals surface area contributed by atoms with Gasteiger partial charge in [-0.25, -0.2) is 4.57 Å². The highest BCUT2D eigenvalue weighted by Gasteiger charge is 2.30. The molecule has 0 bridgehead atoms. The second kappa shape index (κ2) is 6.32. The highest BCUT2D eigenvalue weighted by Crippen LogP contribution is 2.48. The normalized spacial score (nSPS) is 15.7. The average Bonchev–Trinajstić information content (AvgIpc) is 3.23. The minimum atomic E-state index is 0.834. The lowest BCUT2D eigenvalue weighted by molar-refractivity contribution is -0.659. The van der Waals surface area contributed by atoms with Crippen LogP contribution in [0.5, 0.6) is 11.5 Å². The Morgan fingerprint density at radius 1 is 0.966 bits per heavy atom. The zero-order valence-corrected chi connectivity index (χ0v) is 17.2. The Morgan fingerprint density at radius 2 is 1.79 bits per heavy atom. The number of nitrogens with zero attached hydrogens (tertiary/aromatic N) is 1. The van der Waals surface area contributed by atoms with Gasteiger partial charge in [-0.2, -0.15) is 0 Å². The second-order valence-corrected chi connectivity index (χ2v) is 8.89. The Hall–Kier alpha value is -2.87. The molecule has 2 nitrogen and oxygen atoms in total. The summed E-state index contributed by atoms with van der Waals surface area (Å²) in [6.07, 6.45) is 8.90. The van der Waals surface area contributed by atoms with Gasteiger partial charge in [0.1, 0.15) is 18.5 Å². The molecule has 2 heteroatoms. The third kappa shape index (κ3) is 2.58. The number of pyridine rings is 1. The van der Waals surface area contributed by atoms with Crippen LogP contribution in [0.15, 0.2) is 54.7 Å². The van der Waals surface area contributed by atoms with Crippen molar-refractivity contribution in [3.05, 3.63) is 65.9 Å². The standard InChI is InChI=1S/C27H26NO/c1-17-22-10-6-5-9-20(22)16-24-25(17)27-26-21(11-12-28(27)2)14-19(15-23(26)29-24)13-18-7-3-4-8-18/h5-6,9-12,14-16,18H,3-4,7-8,13H2,1-2H3/q+1. The van der Waals surface area contributed by atoms with Crippen molar-refractivity contribution in [1.29, 1.82) is 0 Å². The predicted octanol–water partition coefficient (Wildman–Crippen LogP) is 6.63. The van der Waals surface area contributed by atoms with E-state index < -0.39 is 0 Å². The lowest BCUT2D eigenvalue weighted by atomic mass is 9.90. The molecule has 0 amide bonds. The summed E-state index contributed by atoms with van der Waals surface area (Å²) in [4.78, 5) is 0. The van der Waals surface area contributed by atoms with Crippen LogP contribution in [0.3, 0.4) is 0 Å². The van der Waals surface area contributed by atoms with Crippen molar-refractivity contribution in [1.82, 2.24) is 0 Å². The van der Waals surface area contributed by atoms with Gasteiger partial charge in [0.2, 0.25) is 5.69 Å². The fourth-order valence-electron chi connectivity index (χ4n) is 5.56. The number of ether oxygens (including phenoxy) is 1. The fourth-order valence-corrected chi connectivity index (χ4v) is 5.56. The zero-order chi connectivity index (χ0) is 19.5. The first kappa shape index (κ1) is 17.0. The van der Waals surface area contributed by atoms with Gasteiger partial charge in [0.15, 0.2) is 6.20 Å². The molecule has 0 saturated heterocycles. The van der Waals surface area contributed by atoms with E-state index in [1.54, 1.807) is 0 Å². The van der Waals surface area contributed by atoms with Gasteiger partial charge in [-0.05, 0) is 58.7 Å². The average molecular weight is 381 g/mol. The lowest BCUT2D eigenvalue weighted by Crippen LogP contribution is -2.31. The molecule has 2 heterocycles. The van der Waals surface area contributed by atoms with E-state index in [9.17, 15) is 0 Å². The molecule has 0 N–H and O–H groups in total. The van der Waals surface area contributed by atoms with Crippen LogP contribution < -0.4 is 9.30 Å². The molecule has 144 valence electrons. The molecule has 0 unspecified atom stereocenters. The maximum atomic E-state index is 6.59. The maximum Gasteiger partial charge on any atom is 0.228 e. The van der Waals surface area contributed by atoms with Crippen LogP contribution in [0.1, 0.15) is 36.8 Å². The summed E-state index contributed by atoms with van der Waals surface area (Å²) in [5.74, 6) is 2.83. The van der Waals surface area contributed by atoms with Crippen molar-refractivity contribution in [2.75, 3.05) is 0 Å². The van der Waals surface area contributed by atoms with E-state index in [4.69, 9.17) is 4.74 Å². The van der Waals surface area contributed by atoms with Gasteiger partial charge in [0.25, 0.3) is 0 Å². The minimum Gasteiger partial charge on any atom is -0.456 e. The van der Waals surface area contributed by atoms with Crippen molar-refractivity contribution >= 4 is 21.5 Å². The van der Waals surface area contributed by atoms with E-state index in [-0.39, 0.29) is 0 Å². The number of rotatable bonds is 2.